The summed E-state index contributed by atoms with van der Waals surface area (Å²) in [5, 5.41) is 12.4. The van der Waals surface area contributed by atoms with Crippen LogP contribution in [0.3, 0.4) is 0 Å². The van der Waals surface area contributed by atoms with Crippen molar-refractivity contribution in [2.75, 3.05) is 12.4 Å². The first kappa shape index (κ1) is 17.6. The van der Waals surface area contributed by atoms with Crippen LogP contribution in [0.5, 0.6) is 5.75 Å². The second-order valence-electron chi connectivity index (χ2n) is 5.07. The molecule has 2 aromatic carbocycles. The topological polar surface area (TPSA) is 62.1 Å². The lowest BCUT2D eigenvalue weighted by atomic mass is 10.1. The Hall–Kier alpha value is -2.77. The van der Waals surface area contributed by atoms with E-state index < -0.39 is 5.91 Å². The number of amides is 1. The molecule has 0 saturated carbocycles. The molecule has 0 radical (unpaired) electrons. The van der Waals surface area contributed by atoms with Crippen LogP contribution in [-0.2, 0) is 11.2 Å². The van der Waals surface area contributed by atoms with Crippen molar-refractivity contribution in [3.05, 3.63) is 64.2 Å². The van der Waals surface area contributed by atoms with Gasteiger partial charge >= 0.3 is 0 Å². The zero-order valence-electron chi connectivity index (χ0n) is 13.5. The van der Waals surface area contributed by atoms with Gasteiger partial charge in [-0.2, -0.15) is 5.26 Å². The lowest BCUT2D eigenvalue weighted by molar-refractivity contribution is -0.112. The summed E-state index contributed by atoms with van der Waals surface area (Å²) in [5.74, 6) is 0.0708. The molecule has 1 amide bonds. The average Bonchev–Trinajstić information content (AvgIpc) is 2.60. The molecule has 0 bridgehead atoms. The first-order valence-corrected chi connectivity index (χ1v) is 7.80. The molecule has 2 rings (SSSR count). The van der Waals surface area contributed by atoms with E-state index in [1.807, 2.05) is 30.3 Å². The Morgan fingerprint density at radius 1 is 1.29 bits per heavy atom. The van der Waals surface area contributed by atoms with Gasteiger partial charge in [-0.25, -0.2) is 0 Å². The van der Waals surface area contributed by atoms with Gasteiger partial charge in [0.25, 0.3) is 5.91 Å². The van der Waals surface area contributed by atoms with Gasteiger partial charge in [0.1, 0.15) is 17.4 Å². The fourth-order valence-corrected chi connectivity index (χ4v) is 2.38. The summed E-state index contributed by atoms with van der Waals surface area (Å²) in [4.78, 5) is 12.3. The molecule has 0 atom stereocenters. The molecule has 0 heterocycles. The van der Waals surface area contributed by atoms with Crippen LogP contribution in [0.25, 0.3) is 6.08 Å². The number of carbonyl (C=O) groups is 1. The Kier molecular flexibility index (Phi) is 6.00. The van der Waals surface area contributed by atoms with Gasteiger partial charge in [-0.1, -0.05) is 36.7 Å². The van der Waals surface area contributed by atoms with E-state index in [1.165, 1.54) is 18.7 Å². The lowest BCUT2D eigenvalue weighted by Crippen LogP contribution is -2.13. The number of nitrogens with one attached hydrogen (secondary N) is 1. The third-order valence-corrected chi connectivity index (χ3v) is 3.77. The molecule has 4 nitrogen and oxygen atoms in total. The highest BCUT2D eigenvalue weighted by molar-refractivity contribution is 6.32. The first-order valence-electron chi connectivity index (χ1n) is 7.43. The number of ether oxygens (including phenoxy) is 1. The van der Waals surface area contributed by atoms with Crippen LogP contribution in [0.4, 0.5) is 5.69 Å². The molecule has 1 N–H and O–H groups in total. The fourth-order valence-electron chi connectivity index (χ4n) is 2.11. The highest BCUT2D eigenvalue weighted by atomic mass is 35.5. The van der Waals surface area contributed by atoms with Crippen LogP contribution in [-0.4, -0.2) is 13.0 Å². The maximum atomic E-state index is 12.3. The van der Waals surface area contributed by atoms with Crippen LogP contribution in [0.2, 0.25) is 5.02 Å². The van der Waals surface area contributed by atoms with E-state index in [0.717, 1.165) is 6.42 Å². The predicted octanol–water partition coefficient (Wildman–Crippen LogP) is 4.46. The quantitative estimate of drug-likeness (QED) is 0.645. The number of aryl methyl sites for hydroxylation is 1. The zero-order chi connectivity index (χ0) is 17.5. The van der Waals surface area contributed by atoms with Crippen molar-refractivity contribution < 1.29 is 9.53 Å². The Balaban J connectivity index is 2.18. The summed E-state index contributed by atoms with van der Waals surface area (Å²) in [6.45, 7) is 2.06. The summed E-state index contributed by atoms with van der Waals surface area (Å²) in [6.07, 6.45) is 2.41. The normalized spacial score (nSPS) is 10.8. The molecule has 0 aromatic heterocycles. The molecule has 122 valence electrons. The highest BCUT2D eigenvalue weighted by Crippen LogP contribution is 2.26. The number of carbonyl (C=O) groups excluding carboxylic acids is 1. The summed E-state index contributed by atoms with van der Waals surface area (Å²) < 4.78 is 5.08. The second kappa shape index (κ2) is 8.19. The van der Waals surface area contributed by atoms with Crippen molar-refractivity contribution in [3.8, 4) is 11.8 Å². The maximum absolute atomic E-state index is 12.3. The highest BCUT2D eigenvalue weighted by Gasteiger charge is 2.10. The van der Waals surface area contributed by atoms with Crippen molar-refractivity contribution in [1.82, 2.24) is 0 Å². The third-order valence-electron chi connectivity index (χ3n) is 3.47. The number of hydrogen-bond acceptors (Lipinski definition) is 3. The van der Waals surface area contributed by atoms with Gasteiger partial charge in [0.2, 0.25) is 0 Å². The molecule has 0 aliphatic carbocycles. The predicted molar refractivity (Wildman–Crippen MR) is 96.0 cm³/mol. The molecule has 0 aliphatic heterocycles. The summed E-state index contributed by atoms with van der Waals surface area (Å²) in [7, 11) is 1.52. The lowest BCUT2D eigenvalue weighted by Gasteiger charge is -2.06. The van der Waals surface area contributed by atoms with Gasteiger partial charge in [0.15, 0.2) is 0 Å². The van der Waals surface area contributed by atoms with Crippen molar-refractivity contribution in [3.63, 3.8) is 0 Å². The van der Waals surface area contributed by atoms with Crippen molar-refractivity contribution >= 4 is 29.3 Å². The Bertz CT molecular complexity index is 805. The van der Waals surface area contributed by atoms with Crippen molar-refractivity contribution in [1.29, 1.82) is 5.26 Å². The standard InChI is InChI=1S/C19H17ClN2O2/c1-3-13-4-7-16(8-5-13)22-19(23)15(12-21)10-14-6-9-18(24-2)17(20)11-14/h4-11H,3H2,1-2H3,(H,22,23)/b15-10+. The molecule has 0 fully saturated rings. The average molecular weight is 341 g/mol. The second-order valence-corrected chi connectivity index (χ2v) is 5.48. The van der Waals surface area contributed by atoms with E-state index in [0.29, 0.717) is 22.0 Å². The maximum Gasteiger partial charge on any atom is 0.266 e. The number of benzene rings is 2. The molecule has 0 unspecified atom stereocenters. The number of anilines is 1. The summed E-state index contributed by atoms with van der Waals surface area (Å²) >= 11 is 6.06. The van der Waals surface area contributed by atoms with E-state index in [4.69, 9.17) is 16.3 Å². The number of nitrogens with zero attached hydrogens (tertiary/aromatic N) is 1. The van der Waals surface area contributed by atoms with Crippen LogP contribution in [0, 0.1) is 11.3 Å². The van der Waals surface area contributed by atoms with Gasteiger partial charge in [-0.05, 0) is 47.9 Å². The molecular weight excluding hydrogens is 324 g/mol. The SMILES string of the molecule is CCc1ccc(NC(=O)/C(C#N)=C/c2ccc(OC)c(Cl)c2)cc1. The van der Waals surface area contributed by atoms with E-state index in [-0.39, 0.29) is 5.57 Å². The van der Waals surface area contributed by atoms with Gasteiger partial charge in [-0.15, -0.1) is 0 Å². The Labute approximate surface area is 146 Å². The number of halogens is 1. The number of nitriles is 1. The zero-order valence-corrected chi connectivity index (χ0v) is 14.2. The summed E-state index contributed by atoms with van der Waals surface area (Å²) in [6, 6.07) is 14.5. The fraction of sp³-hybridized carbons (Fsp3) is 0.158. The van der Waals surface area contributed by atoms with Gasteiger partial charge in [-0.3, -0.25) is 4.79 Å². The third kappa shape index (κ3) is 4.37. The molecule has 5 heteroatoms. The van der Waals surface area contributed by atoms with Gasteiger partial charge in [0, 0.05) is 5.69 Å². The Morgan fingerprint density at radius 3 is 2.54 bits per heavy atom. The molecular formula is C19H17ClN2O2. The summed E-state index contributed by atoms with van der Waals surface area (Å²) in [5.41, 5.74) is 2.47. The largest absolute Gasteiger partial charge is 0.495 e. The number of methoxy groups -OCH3 is 1. The van der Waals surface area contributed by atoms with Crippen LogP contribution < -0.4 is 10.1 Å². The number of hydrogen-bond donors (Lipinski definition) is 1. The molecule has 0 aliphatic rings. The first-order chi connectivity index (χ1) is 11.6. The van der Waals surface area contributed by atoms with Gasteiger partial charge in [0.05, 0.1) is 12.1 Å². The minimum atomic E-state index is -0.464. The van der Waals surface area contributed by atoms with Crippen molar-refractivity contribution in [2.45, 2.75) is 13.3 Å². The smallest absolute Gasteiger partial charge is 0.266 e. The van der Waals surface area contributed by atoms with Gasteiger partial charge < -0.3 is 10.1 Å². The van der Waals surface area contributed by atoms with Crippen molar-refractivity contribution in [2.24, 2.45) is 0 Å². The van der Waals surface area contributed by atoms with Crippen LogP contribution in [0.1, 0.15) is 18.1 Å². The van der Waals surface area contributed by atoms with E-state index in [9.17, 15) is 10.1 Å². The Morgan fingerprint density at radius 2 is 2.00 bits per heavy atom. The number of rotatable bonds is 5. The minimum Gasteiger partial charge on any atom is -0.495 e. The molecule has 24 heavy (non-hydrogen) atoms. The van der Waals surface area contributed by atoms with Crippen LogP contribution >= 0.6 is 11.6 Å². The molecule has 2 aromatic rings. The monoisotopic (exact) mass is 340 g/mol. The minimum absolute atomic E-state index is 0.00389. The molecule has 0 spiro atoms. The van der Waals surface area contributed by atoms with E-state index in [2.05, 4.69) is 12.2 Å². The molecule has 0 saturated heterocycles. The van der Waals surface area contributed by atoms with E-state index in [1.54, 1.807) is 18.2 Å². The van der Waals surface area contributed by atoms with E-state index >= 15 is 0 Å². The van der Waals surface area contributed by atoms with Crippen LogP contribution in [0.15, 0.2) is 48.0 Å².